The molecule has 0 aliphatic carbocycles. The lowest BCUT2D eigenvalue weighted by Crippen LogP contribution is -2.25. The quantitative estimate of drug-likeness (QED) is 0.675. The van der Waals surface area contributed by atoms with Gasteiger partial charge in [0.2, 0.25) is 0 Å². The first-order valence-corrected chi connectivity index (χ1v) is 9.46. The van der Waals surface area contributed by atoms with Crippen LogP contribution in [0.2, 0.25) is 0 Å². The van der Waals surface area contributed by atoms with Gasteiger partial charge >= 0.3 is 0 Å². The molecule has 4 nitrogen and oxygen atoms in total. The Kier molecular flexibility index (Phi) is 6.07. The van der Waals surface area contributed by atoms with Crippen LogP contribution in [0.3, 0.4) is 0 Å². The zero-order valence-corrected chi connectivity index (χ0v) is 16.3. The molecule has 27 heavy (non-hydrogen) atoms. The Morgan fingerprint density at radius 1 is 1.07 bits per heavy atom. The van der Waals surface area contributed by atoms with Gasteiger partial charge in [0, 0.05) is 17.8 Å². The number of nitrogens with zero attached hydrogens (tertiary/aromatic N) is 2. The van der Waals surface area contributed by atoms with Crippen molar-refractivity contribution in [2.45, 2.75) is 39.7 Å². The molecule has 1 aromatic heterocycles. The molecule has 1 atom stereocenters. The van der Waals surface area contributed by atoms with Crippen molar-refractivity contribution in [2.24, 2.45) is 0 Å². The Hall–Kier alpha value is -2.88. The summed E-state index contributed by atoms with van der Waals surface area (Å²) in [6, 6.07) is 20.2. The number of carbonyl (C=O) groups excluding carboxylic acids is 1. The van der Waals surface area contributed by atoms with E-state index < -0.39 is 0 Å². The first-order valence-electron chi connectivity index (χ1n) is 9.46. The van der Waals surface area contributed by atoms with Crippen LogP contribution in [-0.4, -0.2) is 22.2 Å². The molecule has 2 aromatic carbocycles. The number of amides is 1. The molecule has 0 aliphatic rings. The Morgan fingerprint density at radius 3 is 2.41 bits per heavy atom. The normalized spacial score (nSPS) is 12.0. The molecule has 0 spiro atoms. The van der Waals surface area contributed by atoms with Crippen LogP contribution in [0.1, 0.15) is 52.1 Å². The SMILES string of the molecule is Cc1cc(C)n(Cc2ccc(C(=O)NCC[C@H](C)c3ccccc3)cc2)n1. The molecule has 3 rings (SSSR count). The molecule has 0 saturated heterocycles. The molecule has 140 valence electrons. The van der Waals surface area contributed by atoms with Crippen LogP contribution in [0.15, 0.2) is 60.7 Å². The maximum Gasteiger partial charge on any atom is 0.251 e. The second-order valence-electron chi connectivity index (χ2n) is 7.14. The molecule has 4 heteroatoms. The lowest BCUT2D eigenvalue weighted by atomic mass is 9.98. The van der Waals surface area contributed by atoms with Gasteiger partial charge in [0.05, 0.1) is 12.2 Å². The Bertz CT molecular complexity index is 882. The van der Waals surface area contributed by atoms with Gasteiger partial charge in [0.15, 0.2) is 0 Å². The van der Waals surface area contributed by atoms with Gasteiger partial charge in [-0.1, -0.05) is 49.4 Å². The van der Waals surface area contributed by atoms with Crippen molar-refractivity contribution in [1.82, 2.24) is 15.1 Å². The second-order valence-corrected chi connectivity index (χ2v) is 7.14. The highest BCUT2D eigenvalue weighted by atomic mass is 16.1. The maximum absolute atomic E-state index is 12.4. The van der Waals surface area contributed by atoms with Crippen LogP contribution in [0.25, 0.3) is 0 Å². The van der Waals surface area contributed by atoms with E-state index in [1.54, 1.807) is 0 Å². The minimum Gasteiger partial charge on any atom is -0.352 e. The van der Waals surface area contributed by atoms with E-state index in [1.807, 2.05) is 41.9 Å². The number of aryl methyl sites for hydroxylation is 2. The average molecular weight is 361 g/mol. The van der Waals surface area contributed by atoms with E-state index in [0.29, 0.717) is 18.0 Å². The fourth-order valence-corrected chi connectivity index (χ4v) is 3.22. The van der Waals surface area contributed by atoms with Crippen LogP contribution in [0.5, 0.6) is 0 Å². The van der Waals surface area contributed by atoms with E-state index in [4.69, 9.17) is 0 Å². The van der Waals surface area contributed by atoms with E-state index in [2.05, 4.69) is 54.6 Å². The zero-order valence-electron chi connectivity index (χ0n) is 16.3. The van der Waals surface area contributed by atoms with Crippen LogP contribution in [0, 0.1) is 13.8 Å². The van der Waals surface area contributed by atoms with Gasteiger partial charge in [-0.2, -0.15) is 5.10 Å². The fourth-order valence-electron chi connectivity index (χ4n) is 3.22. The molecule has 3 aromatic rings. The summed E-state index contributed by atoms with van der Waals surface area (Å²) >= 11 is 0. The van der Waals surface area contributed by atoms with E-state index >= 15 is 0 Å². The zero-order chi connectivity index (χ0) is 19.2. The highest BCUT2D eigenvalue weighted by Gasteiger charge is 2.09. The van der Waals surface area contributed by atoms with Gasteiger partial charge in [0.25, 0.3) is 5.91 Å². The third-order valence-corrected chi connectivity index (χ3v) is 4.88. The average Bonchev–Trinajstić information content (AvgIpc) is 2.99. The van der Waals surface area contributed by atoms with Crippen LogP contribution < -0.4 is 5.32 Å². The number of benzene rings is 2. The third-order valence-electron chi connectivity index (χ3n) is 4.88. The first-order chi connectivity index (χ1) is 13.0. The van der Waals surface area contributed by atoms with E-state index in [1.165, 1.54) is 5.56 Å². The third kappa shape index (κ3) is 5.07. The van der Waals surface area contributed by atoms with E-state index in [0.717, 1.165) is 29.9 Å². The topological polar surface area (TPSA) is 46.9 Å². The molecule has 0 bridgehead atoms. The predicted octanol–water partition coefficient (Wildman–Crippen LogP) is 4.47. The van der Waals surface area contributed by atoms with Gasteiger partial charge in [0.1, 0.15) is 0 Å². The summed E-state index contributed by atoms with van der Waals surface area (Å²) in [5, 5.41) is 7.51. The Balaban J connectivity index is 1.51. The van der Waals surface area contributed by atoms with Gasteiger partial charge in [-0.05, 0) is 55.5 Å². The summed E-state index contributed by atoms with van der Waals surface area (Å²) in [7, 11) is 0. The predicted molar refractivity (Wildman–Crippen MR) is 109 cm³/mol. The monoisotopic (exact) mass is 361 g/mol. The fraction of sp³-hybridized carbons (Fsp3) is 0.304. The molecular weight excluding hydrogens is 334 g/mol. The minimum atomic E-state index is -0.0204. The van der Waals surface area contributed by atoms with E-state index in [-0.39, 0.29) is 5.91 Å². The molecule has 0 unspecified atom stereocenters. The van der Waals surface area contributed by atoms with Gasteiger partial charge < -0.3 is 5.32 Å². The summed E-state index contributed by atoms with van der Waals surface area (Å²) in [5.74, 6) is 0.405. The van der Waals surface area contributed by atoms with Gasteiger partial charge in [-0.3, -0.25) is 9.48 Å². The smallest absolute Gasteiger partial charge is 0.251 e. The first kappa shape index (κ1) is 18.9. The standard InChI is InChI=1S/C23H27N3O/c1-17(21-7-5-4-6-8-21)13-14-24-23(27)22-11-9-20(10-12-22)16-26-19(3)15-18(2)25-26/h4-12,15,17H,13-14,16H2,1-3H3,(H,24,27)/t17-/m0/s1. The second kappa shape index (κ2) is 8.67. The Labute approximate surface area is 161 Å². The molecule has 1 amide bonds. The van der Waals surface area contributed by atoms with Crippen LogP contribution in [0.4, 0.5) is 0 Å². The number of nitrogens with one attached hydrogen (secondary N) is 1. The molecule has 0 fully saturated rings. The summed E-state index contributed by atoms with van der Waals surface area (Å²) in [6.45, 7) is 7.63. The van der Waals surface area contributed by atoms with Crippen molar-refractivity contribution in [3.63, 3.8) is 0 Å². The van der Waals surface area contributed by atoms with Crippen molar-refractivity contribution in [1.29, 1.82) is 0 Å². The number of carbonyl (C=O) groups is 1. The number of rotatable bonds is 7. The lowest BCUT2D eigenvalue weighted by Gasteiger charge is -2.12. The number of hydrogen-bond donors (Lipinski definition) is 1. The van der Waals surface area contributed by atoms with Crippen molar-refractivity contribution in [3.8, 4) is 0 Å². The van der Waals surface area contributed by atoms with Crippen molar-refractivity contribution < 1.29 is 4.79 Å². The minimum absolute atomic E-state index is 0.0204. The summed E-state index contributed by atoms with van der Waals surface area (Å²) < 4.78 is 1.98. The van der Waals surface area contributed by atoms with Crippen molar-refractivity contribution >= 4 is 5.91 Å². The van der Waals surface area contributed by atoms with Crippen LogP contribution in [-0.2, 0) is 6.54 Å². The molecule has 0 saturated carbocycles. The summed E-state index contributed by atoms with van der Waals surface area (Å²) in [4.78, 5) is 12.4. The molecule has 1 N–H and O–H groups in total. The maximum atomic E-state index is 12.4. The lowest BCUT2D eigenvalue weighted by molar-refractivity contribution is 0.0952. The van der Waals surface area contributed by atoms with Crippen molar-refractivity contribution in [2.75, 3.05) is 6.54 Å². The highest BCUT2D eigenvalue weighted by Crippen LogP contribution is 2.17. The molecule has 1 heterocycles. The van der Waals surface area contributed by atoms with Gasteiger partial charge in [-0.15, -0.1) is 0 Å². The molecule has 0 aliphatic heterocycles. The van der Waals surface area contributed by atoms with E-state index in [9.17, 15) is 4.79 Å². The molecule has 0 radical (unpaired) electrons. The Morgan fingerprint density at radius 2 is 1.78 bits per heavy atom. The largest absolute Gasteiger partial charge is 0.352 e. The highest BCUT2D eigenvalue weighted by molar-refractivity contribution is 5.94. The van der Waals surface area contributed by atoms with Crippen molar-refractivity contribution in [3.05, 3.63) is 88.7 Å². The van der Waals surface area contributed by atoms with Gasteiger partial charge in [-0.25, -0.2) is 0 Å². The number of aromatic nitrogens is 2. The van der Waals surface area contributed by atoms with Crippen LogP contribution >= 0.6 is 0 Å². The summed E-state index contributed by atoms with van der Waals surface area (Å²) in [5.41, 5.74) is 5.30. The summed E-state index contributed by atoms with van der Waals surface area (Å²) in [6.07, 6.45) is 0.922. The number of hydrogen-bond acceptors (Lipinski definition) is 2. The molecular formula is C23H27N3O.